The summed E-state index contributed by atoms with van der Waals surface area (Å²) in [4.78, 5) is 18.9. The Kier molecular flexibility index (Phi) is 4.53. The van der Waals surface area contributed by atoms with Crippen molar-refractivity contribution in [2.75, 3.05) is 12.0 Å². The summed E-state index contributed by atoms with van der Waals surface area (Å²) in [6, 6.07) is 9.50. The molecule has 1 aliphatic heterocycles. The molecule has 2 heterocycles. The predicted octanol–water partition coefficient (Wildman–Crippen LogP) is 4.52. The monoisotopic (exact) mass is 352 g/mol. The molecule has 1 aromatic carbocycles. The average molecular weight is 352 g/mol. The van der Waals surface area contributed by atoms with Gasteiger partial charge in [0.15, 0.2) is 11.5 Å². The molecule has 26 heavy (non-hydrogen) atoms. The molecule has 0 radical (unpaired) electrons. The highest BCUT2D eigenvalue weighted by Gasteiger charge is 2.36. The van der Waals surface area contributed by atoms with Crippen molar-refractivity contribution in [2.45, 2.75) is 51.2 Å². The molecule has 1 fully saturated rings. The summed E-state index contributed by atoms with van der Waals surface area (Å²) in [6.07, 6.45) is 7.72. The van der Waals surface area contributed by atoms with Gasteiger partial charge in [-0.25, -0.2) is 0 Å². The van der Waals surface area contributed by atoms with Crippen molar-refractivity contribution >= 4 is 11.6 Å². The van der Waals surface area contributed by atoms with Gasteiger partial charge in [-0.3, -0.25) is 14.7 Å². The van der Waals surface area contributed by atoms with Gasteiger partial charge in [-0.15, -0.1) is 0 Å². The average Bonchev–Trinajstić information content (AvgIpc) is 2.94. The van der Waals surface area contributed by atoms with Crippen molar-refractivity contribution in [3.63, 3.8) is 0 Å². The molecule has 4 rings (SSSR count). The highest BCUT2D eigenvalue weighted by molar-refractivity contribution is 6.09. The Labute approximate surface area is 153 Å². The molecule has 5 heteroatoms. The van der Waals surface area contributed by atoms with Gasteiger partial charge < -0.3 is 9.47 Å². The Hall–Kier alpha value is -2.56. The summed E-state index contributed by atoms with van der Waals surface area (Å²) in [7, 11) is 1.64. The van der Waals surface area contributed by atoms with Crippen LogP contribution < -0.4 is 14.4 Å². The SMILES string of the molecule is COc1ccc(N2C(=O)c3ncccc3C2C)cc1OC1CCCCC1. The topological polar surface area (TPSA) is 51.7 Å². The van der Waals surface area contributed by atoms with Crippen LogP contribution in [-0.4, -0.2) is 24.1 Å². The molecule has 0 bridgehead atoms. The van der Waals surface area contributed by atoms with E-state index in [1.165, 1.54) is 19.3 Å². The number of hydrogen-bond donors (Lipinski definition) is 0. The normalized spacial score (nSPS) is 20.2. The first kappa shape index (κ1) is 16.9. The summed E-state index contributed by atoms with van der Waals surface area (Å²) in [5.74, 6) is 1.34. The lowest BCUT2D eigenvalue weighted by Gasteiger charge is -2.26. The molecule has 1 amide bonds. The van der Waals surface area contributed by atoms with E-state index in [1.807, 2.05) is 37.3 Å². The number of carbonyl (C=O) groups excluding carboxylic acids is 1. The van der Waals surface area contributed by atoms with E-state index in [4.69, 9.17) is 9.47 Å². The zero-order valence-electron chi connectivity index (χ0n) is 15.3. The van der Waals surface area contributed by atoms with Gasteiger partial charge in [0.1, 0.15) is 5.69 Å². The Morgan fingerprint density at radius 1 is 1.12 bits per heavy atom. The first-order chi connectivity index (χ1) is 12.7. The number of amides is 1. The maximum absolute atomic E-state index is 12.9. The Morgan fingerprint density at radius 2 is 1.92 bits per heavy atom. The van der Waals surface area contributed by atoms with Crippen molar-refractivity contribution in [2.24, 2.45) is 0 Å². The summed E-state index contributed by atoms with van der Waals surface area (Å²) >= 11 is 0. The summed E-state index contributed by atoms with van der Waals surface area (Å²) < 4.78 is 11.7. The van der Waals surface area contributed by atoms with Crippen LogP contribution in [0.4, 0.5) is 5.69 Å². The molecule has 5 nitrogen and oxygen atoms in total. The fraction of sp³-hybridized carbons (Fsp3) is 0.429. The maximum atomic E-state index is 12.9. The van der Waals surface area contributed by atoms with E-state index in [9.17, 15) is 4.79 Å². The second-order valence-corrected chi connectivity index (χ2v) is 7.01. The molecule has 2 aromatic rings. The summed E-state index contributed by atoms with van der Waals surface area (Å²) in [6.45, 7) is 2.03. The molecule has 1 atom stereocenters. The molecular formula is C21H24N2O3. The Bertz CT molecular complexity index is 815. The molecule has 136 valence electrons. The fourth-order valence-electron chi connectivity index (χ4n) is 3.97. The van der Waals surface area contributed by atoms with Crippen molar-refractivity contribution in [3.05, 3.63) is 47.8 Å². The van der Waals surface area contributed by atoms with Gasteiger partial charge in [0.25, 0.3) is 5.91 Å². The van der Waals surface area contributed by atoms with Crippen LogP contribution in [0.1, 0.15) is 61.1 Å². The van der Waals surface area contributed by atoms with E-state index in [2.05, 4.69) is 4.98 Å². The van der Waals surface area contributed by atoms with Crippen molar-refractivity contribution in [3.8, 4) is 11.5 Å². The number of pyridine rings is 1. The Morgan fingerprint density at radius 3 is 2.65 bits per heavy atom. The summed E-state index contributed by atoms with van der Waals surface area (Å²) in [5, 5.41) is 0. The number of aromatic nitrogens is 1. The number of hydrogen-bond acceptors (Lipinski definition) is 4. The number of nitrogens with zero attached hydrogens (tertiary/aromatic N) is 2. The summed E-state index contributed by atoms with van der Waals surface area (Å²) in [5.41, 5.74) is 2.31. The van der Waals surface area contributed by atoms with Gasteiger partial charge in [0, 0.05) is 23.5 Å². The minimum atomic E-state index is -0.0677. The van der Waals surface area contributed by atoms with Crippen LogP contribution in [-0.2, 0) is 0 Å². The first-order valence-corrected chi connectivity index (χ1v) is 9.32. The third-order valence-corrected chi connectivity index (χ3v) is 5.37. The van der Waals surface area contributed by atoms with E-state index >= 15 is 0 Å². The molecular weight excluding hydrogens is 328 g/mol. The maximum Gasteiger partial charge on any atom is 0.277 e. The lowest BCUT2D eigenvalue weighted by molar-refractivity contribution is 0.0988. The number of anilines is 1. The molecule has 2 aliphatic rings. The molecule has 1 saturated carbocycles. The number of benzene rings is 1. The molecule has 0 saturated heterocycles. The molecule has 1 aromatic heterocycles. The van der Waals surface area contributed by atoms with Gasteiger partial charge in [0.2, 0.25) is 0 Å². The molecule has 1 unspecified atom stereocenters. The van der Waals surface area contributed by atoms with Crippen LogP contribution in [0.15, 0.2) is 36.5 Å². The number of fused-ring (bicyclic) bond motifs is 1. The van der Waals surface area contributed by atoms with E-state index in [1.54, 1.807) is 18.2 Å². The molecule has 1 aliphatic carbocycles. The van der Waals surface area contributed by atoms with Crippen molar-refractivity contribution in [1.29, 1.82) is 0 Å². The van der Waals surface area contributed by atoms with Crippen LogP contribution in [0.2, 0.25) is 0 Å². The second-order valence-electron chi connectivity index (χ2n) is 7.01. The van der Waals surface area contributed by atoms with Gasteiger partial charge in [-0.2, -0.15) is 0 Å². The van der Waals surface area contributed by atoms with Crippen LogP contribution in [0.5, 0.6) is 11.5 Å². The van der Waals surface area contributed by atoms with Crippen LogP contribution in [0.25, 0.3) is 0 Å². The second kappa shape index (κ2) is 6.98. The molecule has 0 spiro atoms. The van der Waals surface area contributed by atoms with Crippen molar-refractivity contribution < 1.29 is 14.3 Å². The lowest BCUT2D eigenvalue weighted by atomic mass is 9.98. The zero-order valence-corrected chi connectivity index (χ0v) is 15.3. The number of methoxy groups -OCH3 is 1. The van der Waals surface area contributed by atoms with Gasteiger partial charge >= 0.3 is 0 Å². The van der Waals surface area contributed by atoms with Gasteiger partial charge in [-0.05, 0) is 50.8 Å². The smallest absolute Gasteiger partial charge is 0.277 e. The van der Waals surface area contributed by atoms with Gasteiger partial charge in [0.05, 0.1) is 19.3 Å². The largest absolute Gasteiger partial charge is 0.493 e. The van der Waals surface area contributed by atoms with E-state index in [0.29, 0.717) is 17.2 Å². The zero-order chi connectivity index (χ0) is 18.1. The van der Waals surface area contributed by atoms with Crippen LogP contribution >= 0.6 is 0 Å². The van der Waals surface area contributed by atoms with Gasteiger partial charge in [-0.1, -0.05) is 12.5 Å². The highest BCUT2D eigenvalue weighted by atomic mass is 16.5. The van der Waals surface area contributed by atoms with Crippen LogP contribution in [0.3, 0.4) is 0 Å². The quantitative estimate of drug-likeness (QED) is 0.811. The molecule has 0 N–H and O–H groups in total. The highest BCUT2D eigenvalue weighted by Crippen LogP contribution is 2.40. The Balaban J connectivity index is 1.65. The fourth-order valence-corrected chi connectivity index (χ4v) is 3.97. The van der Waals surface area contributed by atoms with E-state index < -0.39 is 0 Å². The van der Waals surface area contributed by atoms with Crippen molar-refractivity contribution in [1.82, 2.24) is 4.98 Å². The third-order valence-electron chi connectivity index (χ3n) is 5.37. The standard InChI is InChI=1S/C21H24N2O3/c1-14-17-9-6-12-22-20(17)21(24)23(14)15-10-11-18(25-2)19(13-15)26-16-7-4-3-5-8-16/h6,9-14,16H,3-5,7-8H2,1-2H3. The minimum Gasteiger partial charge on any atom is -0.493 e. The number of rotatable bonds is 4. The van der Waals surface area contributed by atoms with Crippen LogP contribution in [0, 0.1) is 0 Å². The number of carbonyl (C=O) groups is 1. The number of ether oxygens (including phenoxy) is 2. The predicted molar refractivity (Wildman–Crippen MR) is 100.0 cm³/mol. The minimum absolute atomic E-state index is 0.0536. The lowest BCUT2D eigenvalue weighted by Crippen LogP contribution is -2.26. The van der Waals surface area contributed by atoms with E-state index in [0.717, 1.165) is 24.1 Å². The third kappa shape index (κ3) is 2.91. The first-order valence-electron chi connectivity index (χ1n) is 9.32. The van der Waals surface area contributed by atoms with E-state index in [-0.39, 0.29) is 18.1 Å².